The van der Waals surface area contributed by atoms with Gasteiger partial charge in [-0.15, -0.1) is 12.4 Å². The SMILES string of the molecule is CC(N)CC(=O)N1CCN(C(=O)c2cccc(C(F)(F)F)c2)CC1.Cl. The van der Waals surface area contributed by atoms with Crippen LogP contribution in [0.15, 0.2) is 24.3 Å². The average Bonchev–Trinajstić information content (AvgIpc) is 2.53. The molecule has 2 amide bonds. The molecule has 1 atom stereocenters. The number of benzene rings is 1. The first-order chi connectivity index (χ1) is 11.2. The second-order valence-electron chi connectivity index (χ2n) is 5.93. The third-order valence-corrected chi connectivity index (χ3v) is 3.85. The van der Waals surface area contributed by atoms with E-state index >= 15 is 0 Å². The molecule has 1 aliphatic heterocycles. The highest BCUT2D eigenvalue weighted by Gasteiger charge is 2.32. The number of nitrogens with two attached hydrogens (primary N) is 1. The van der Waals surface area contributed by atoms with Crippen molar-refractivity contribution in [3.63, 3.8) is 0 Å². The molecule has 1 fully saturated rings. The molecule has 0 saturated carbocycles. The van der Waals surface area contributed by atoms with Crippen molar-refractivity contribution in [2.24, 2.45) is 5.73 Å². The van der Waals surface area contributed by atoms with Crippen LogP contribution in [-0.2, 0) is 11.0 Å². The van der Waals surface area contributed by atoms with Crippen LogP contribution in [0, 0.1) is 0 Å². The third-order valence-electron chi connectivity index (χ3n) is 3.85. The number of piperazine rings is 1. The molecule has 9 heteroatoms. The molecule has 1 saturated heterocycles. The summed E-state index contributed by atoms with van der Waals surface area (Å²) in [6.45, 7) is 3.04. The first-order valence-electron chi connectivity index (χ1n) is 7.68. The Bertz CT molecular complexity index is 615. The van der Waals surface area contributed by atoms with Crippen LogP contribution in [0.3, 0.4) is 0 Å². The van der Waals surface area contributed by atoms with Gasteiger partial charge in [-0.3, -0.25) is 9.59 Å². The number of hydrogen-bond donors (Lipinski definition) is 1. The second kappa shape index (κ2) is 8.53. The molecule has 5 nitrogen and oxygen atoms in total. The summed E-state index contributed by atoms with van der Waals surface area (Å²) >= 11 is 0. The smallest absolute Gasteiger partial charge is 0.339 e. The number of carbonyl (C=O) groups excluding carboxylic acids is 2. The largest absolute Gasteiger partial charge is 0.416 e. The molecule has 140 valence electrons. The molecule has 1 unspecified atom stereocenters. The van der Waals surface area contributed by atoms with Crippen molar-refractivity contribution in [2.45, 2.75) is 25.6 Å². The molecule has 1 aromatic rings. The Morgan fingerprint density at radius 1 is 1.16 bits per heavy atom. The summed E-state index contributed by atoms with van der Waals surface area (Å²) in [4.78, 5) is 27.4. The maximum atomic E-state index is 12.7. The standard InChI is InChI=1S/C16H20F3N3O2.ClH/c1-11(20)9-14(23)21-5-7-22(8-6-21)15(24)12-3-2-4-13(10-12)16(17,18)19;/h2-4,10-11H,5-9,20H2,1H3;1H. The Kier molecular flexibility index (Phi) is 7.25. The number of alkyl halides is 3. The molecule has 1 aromatic carbocycles. The van der Waals surface area contributed by atoms with Crippen molar-refractivity contribution in [3.05, 3.63) is 35.4 Å². The van der Waals surface area contributed by atoms with E-state index in [2.05, 4.69) is 0 Å². The number of rotatable bonds is 3. The van der Waals surface area contributed by atoms with Crippen molar-refractivity contribution < 1.29 is 22.8 Å². The predicted octanol–water partition coefficient (Wildman–Crippen LogP) is 2.15. The number of carbonyl (C=O) groups is 2. The Labute approximate surface area is 150 Å². The van der Waals surface area contributed by atoms with Crippen molar-refractivity contribution >= 4 is 24.2 Å². The molecule has 1 aliphatic rings. The van der Waals surface area contributed by atoms with Crippen LogP contribution in [0.25, 0.3) is 0 Å². The fraction of sp³-hybridized carbons (Fsp3) is 0.500. The third kappa shape index (κ3) is 5.61. The van der Waals surface area contributed by atoms with Gasteiger partial charge >= 0.3 is 6.18 Å². The Morgan fingerprint density at radius 3 is 2.24 bits per heavy atom. The highest BCUT2D eigenvalue weighted by molar-refractivity contribution is 5.94. The van der Waals surface area contributed by atoms with E-state index in [1.54, 1.807) is 11.8 Å². The fourth-order valence-electron chi connectivity index (χ4n) is 2.57. The predicted molar refractivity (Wildman–Crippen MR) is 89.4 cm³/mol. The molecular formula is C16H21ClF3N3O2. The molecule has 2 rings (SSSR count). The van der Waals surface area contributed by atoms with Gasteiger partial charge in [0, 0.05) is 44.2 Å². The normalized spacial score (nSPS) is 16.2. The van der Waals surface area contributed by atoms with E-state index < -0.39 is 17.6 Å². The van der Waals surface area contributed by atoms with E-state index in [1.165, 1.54) is 17.0 Å². The van der Waals surface area contributed by atoms with E-state index in [9.17, 15) is 22.8 Å². The molecule has 0 aromatic heterocycles. The van der Waals surface area contributed by atoms with Crippen LogP contribution >= 0.6 is 12.4 Å². The summed E-state index contributed by atoms with van der Waals surface area (Å²) in [5.74, 6) is -0.531. The quantitative estimate of drug-likeness (QED) is 0.875. The topological polar surface area (TPSA) is 66.6 Å². The van der Waals surface area contributed by atoms with Gasteiger partial charge < -0.3 is 15.5 Å². The highest BCUT2D eigenvalue weighted by Crippen LogP contribution is 2.29. The monoisotopic (exact) mass is 379 g/mol. The van der Waals surface area contributed by atoms with Gasteiger partial charge in [-0.1, -0.05) is 6.07 Å². The van der Waals surface area contributed by atoms with Gasteiger partial charge in [0.1, 0.15) is 0 Å². The van der Waals surface area contributed by atoms with Crippen LogP contribution in [0.5, 0.6) is 0 Å². The van der Waals surface area contributed by atoms with Gasteiger partial charge in [-0.2, -0.15) is 13.2 Å². The molecule has 0 bridgehead atoms. The molecular weight excluding hydrogens is 359 g/mol. The van der Waals surface area contributed by atoms with Crippen molar-refractivity contribution in [3.8, 4) is 0 Å². The molecule has 1 heterocycles. The van der Waals surface area contributed by atoms with Crippen LogP contribution in [-0.4, -0.2) is 53.8 Å². The maximum Gasteiger partial charge on any atom is 0.416 e. The lowest BCUT2D eigenvalue weighted by Crippen LogP contribution is -2.51. The van der Waals surface area contributed by atoms with Crippen LogP contribution in [0.2, 0.25) is 0 Å². The summed E-state index contributed by atoms with van der Waals surface area (Å²) in [5, 5.41) is 0. The summed E-state index contributed by atoms with van der Waals surface area (Å²) in [7, 11) is 0. The van der Waals surface area contributed by atoms with Gasteiger partial charge in [0.25, 0.3) is 5.91 Å². The Balaban J connectivity index is 0.00000312. The van der Waals surface area contributed by atoms with E-state index in [0.717, 1.165) is 12.1 Å². The Morgan fingerprint density at radius 2 is 1.72 bits per heavy atom. The van der Waals surface area contributed by atoms with Crippen molar-refractivity contribution in [1.82, 2.24) is 9.80 Å². The molecule has 0 radical (unpaired) electrons. The summed E-state index contributed by atoms with van der Waals surface area (Å²) < 4.78 is 38.2. The van der Waals surface area contributed by atoms with E-state index in [4.69, 9.17) is 5.73 Å². The zero-order valence-corrected chi connectivity index (χ0v) is 14.6. The zero-order chi connectivity index (χ0) is 17.9. The highest BCUT2D eigenvalue weighted by atomic mass is 35.5. The van der Waals surface area contributed by atoms with Crippen LogP contribution in [0.1, 0.15) is 29.3 Å². The molecule has 2 N–H and O–H groups in total. The minimum atomic E-state index is -4.49. The maximum absolute atomic E-state index is 12.7. The van der Waals surface area contributed by atoms with Crippen molar-refractivity contribution in [1.29, 1.82) is 0 Å². The summed E-state index contributed by atoms with van der Waals surface area (Å²) in [6, 6.07) is 4.14. The molecule has 0 aliphatic carbocycles. The van der Waals surface area contributed by atoms with Gasteiger partial charge in [0.15, 0.2) is 0 Å². The van der Waals surface area contributed by atoms with E-state index in [-0.39, 0.29) is 36.3 Å². The van der Waals surface area contributed by atoms with Gasteiger partial charge in [0.2, 0.25) is 5.91 Å². The van der Waals surface area contributed by atoms with E-state index in [0.29, 0.717) is 26.2 Å². The first-order valence-corrected chi connectivity index (χ1v) is 7.68. The van der Waals surface area contributed by atoms with Crippen LogP contribution in [0.4, 0.5) is 13.2 Å². The molecule has 25 heavy (non-hydrogen) atoms. The Hall–Kier alpha value is -1.80. The minimum Gasteiger partial charge on any atom is -0.339 e. The average molecular weight is 380 g/mol. The number of halogens is 4. The van der Waals surface area contributed by atoms with Gasteiger partial charge in [-0.25, -0.2) is 0 Å². The number of amides is 2. The van der Waals surface area contributed by atoms with E-state index in [1.807, 2.05) is 0 Å². The second-order valence-corrected chi connectivity index (χ2v) is 5.93. The lowest BCUT2D eigenvalue weighted by molar-refractivity contribution is -0.137. The van der Waals surface area contributed by atoms with Crippen LogP contribution < -0.4 is 5.73 Å². The first kappa shape index (κ1) is 21.2. The summed E-state index contributed by atoms with van der Waals surface area (Å²) in [6.07, 6.45) is -4.25. The lowest BCUT2D eigenvalue weighted by atomic mass is 10.1. The summed E-state index contributed by atoms with van der Waals surface area (Å²) in [5.41, 5.74) is 4.75. The fourth-order valence-corrected chi connectivity index (χ4v) is 2.57. The number of nitrogens with zero attached hydrogens (tertiary/aromatic N) is 2. The van der Waals surface area contributed by atoms with Gasteiger partial charge in [-0.05, 0) is 25.1 Å². The van der Waals surface area contributed by atoms with Crippen molar-refractivity contribution in [2.75, 3.05) is 26.2 Å². The minimum absolute atomic E-state index is 0. The van der Waals surface area contributed by atoms with Gasteiger partial charge in [0.05, 0.1) is 5.56 Å². The lowest BCUT2D eigenvalue weighted by Gasteiger charge is -2.35. The molecule has 0 spiro atoms. The number of hydrogen-bond acceptors (Lipinski definition) is 3. The zero-order valence-electron chi connectivity index (χ0n) is 13.8.